The second-order valence-corrected chi connectivity index (χ2v) is 7.86. The standard InChI is InChI=1S/C27H26F2O3/c1-18(2)24(15-11-20-9-13-22(28)14-10-20)27(30)31-19(3)21-12-16-25(29)26(17-21)32-23-7-5-4-6-8-23/h4-19,24H,1-3H3/b15-11+. The predicted molar refractivity (Wildman–Crippen MR) is 121 cm³/mol. The molecule has 0 heterocycles. The van der Waals surface area contributed by atoms with E-state index in [0.717, 1.165) is 5.56 Å². The Morgan fingerprint density at radius 2 is 1.59 bits per heavy atom. The SMILES string of the molecule is CC(OC(=O)C(/C=C/c1ccc(F)cc1)C(C)C)c1ccc(F)c(Oc2ccccc2)c1. The van der Waals surface area contributed by atoms with Crippen LogP contribution in [-0.2, 0) is 9.53 Å². The fraction of sp³-hybridized carbons (Fsp3) is 0.222. The van der Waals surface area contributed by atoms with E-state index >= 15 is 0 Å². The molecular formula is C27H26F2O3. The minimum atomic E-state index is -0.596. The van der Waals surface area contributed by atoms with Gasteiger partial charge in [0, 0.05) is 0 Å². The van der Waals surface area contributed by atoms with Gasteiger partial charge in [0.2, 0.25) is 0 Å². The third kappa shape index (κ3) is 6.27. The lowest BCUT2D eigenvalue weighted by Crippen LogP contribution is -2.22. The first kappa shape index (κ1) is 23.2. The lowest BCUT2D eigenvalue weighted by Gasteiger charge is -2.20. The number of ether oxygens (including phenoxy) is 2. The molecule has 166 valence electrons. The summed E-state index contributed by atoms with van der Waals surface area (Å²) in [5.74, 6) is -1.11. The molecule has 5 heteroatoms. The third-order valence-corrected chi connectivity index (χ3v) is 5.05. The second-order valence-electron chi connectivity index (χ2n) is 7.86. The largest absolute Gasteiger partial charge is 0.457 e. The van der Waals surface area contributed by atoms with Gasteiger partial charge in [-0.05, 0) is 60.4 Å². The zero-order chi connectivity index (χ0) is 23.1. The zero-order valence-electron chi connectivity index (χ0n) is 18.3. The van der Waals surface area contributed by atoms with E-state index in [0.29, 0.717) is 11.3 Å². The van der Waals surface area contributed by atoms with Gasteiger partial charge in [0.25, 0.3) is 0 Å². The molecule has 3 aromatic carbocycles. The molecule has 0 aromatic heterocycles. The highest BCUT2D eigenvalue weighted by molar-refractivity contribution is 5.76. The van der Waals surface area contributed by atoms with Gasteiger partial charge >= 0.3 is 5.97 Å². The van der Waals surface area contributed by atoms with Gasteiger partial charge in [0.05, 0.1) is 5.92 Å². The first-order chi connectivity index (χ1) is 15.3. The molecule has 0 bridgehead atoms. The molecule has 0 N–H and O–H groups in total. The van der Waals surface area contributed by atoms with Crippen molar-refractivity contribution in [3.8, 4) is 11.5 Å². The molecule has 0 saturated heterocycles. The summed E-state index contributed by atoms with van der Waals surface area (Å²) in [6.07, 6.45) is 2.95. The van der Waals surface area contributed by atoms with E-state index in [9.17, 15) is 13.6 Å². The Morgan fingerprint density at radius 3 is 2.25 bits per heavy atom. The number of esters is 1. The number of para-hydroxylation sites is 1. The van der Waals surface area contributed by atoms with Crippen LogP contribution < -0.4 is 4.74 Å². The summed E-state index contributed by atoms with van der Waals surface area (Å²) in [5.41, 5.74) is 1.41. The molecule has 0 fully saturated rings. The van der Waals surface area contributed by atoms with Crippen molar-refractivity contribution in [2.24, 2.45) is 11.8 Å². The van der Waals surface area contributed by atoms with Crippen LogP contribution in [0.4, 0.5) is 8.78 Å². The highest BCUT2D eigenvalue weighted by Crippen LogP contribution is 2.30. The van der Waals surface area contributed by atoms with Crippen molar-refractivity contribution in [2.45, 2.75) is 26.9 Å². The Morgan fingerprint density at radius 1 is 0.906 bits per heavy atom. The van der Waals surface area contributed by atoms with Crippen molar-refractivity contribution in [1.29, 1.82) is 0 Å². The first-order valence-electron chi connectivity index (χ1n) is 10.5. The highest BCUT2D eigenvalue weighted by Gasteiger charge is 2.24. The molecule has 2 unspecified atom stereocenters. The molecule has 3 aromatic rings. The maximum absolute atomic E-state index is 14.2. The van der Waals surface area contributed by atoms with Crippen LogP contribution >= 0.6 is 0 Å². The highest BCUT2D eigenvalue weighted by atomic mass is 19.1. The summed E-state index contributed by atoms with van der Waals surface area (Å²) >= 11 is 0. The van der Waals surface area contributed by atoms with Crippen LogP contribution in [0.25, 0.3) is 6.08 Å². The van der Waals surface area contributed by atoms with Crippen molar-refractivity contribution >= 4 is 12.0 Å². The smallest absolute Gasteiger partial charge is 0.313 e. The number of hydrogen-bond acceptors (Lipinski definition) is 3. The third-order valence-electron chi connectivity index (χ3n) is 5.05. The number of benzene rings is 3. The van der Waals surface area contributed by atoms with Crippen molar-refractivity contribution in [1.82, 2.24) is 0 Å². The molecule has 0 radical (unpaired) electrons. The number of carbonyl (C=O) groups excluding carboxylic acids is 1. The molecule has 0 aliphatic heterocycles. The average Bonchev–Trinajstić information content (AvgIpc) is 2.77. The van der Waals surface area contributed by atoms with E-state index in [2.05, 4.69) is 0 Å². The number of rotatable bonds is 8. The molecular weight excluding hydrogens is 410 g/mol. The Labute approximate surface area is 187 Å². The fourth-order valence-electron chi connectivity index (χ4n) is 3.15. The van der Waals surface area contributed by atoms with Crippen molar-refractivity contribution < 1.29 is 23.0 Å². The van der Waals surface area contributed by atoms with Gasteiger partial charge in [0.15, 0.2) is 11.6 Å². The van der Waals surface area contributed by atoms with Gasteiger partial charge < -0.3 is 9.47 Å². The van der Waals surface area contributed by atoms with Crippen molar-refractivity contribution in [3.05, 3.63) is 102 Å². The minimum absolute atomic E-state index is 0.00316. The summed E-state index contributed by atoms with van der Waals surface area (Å²) < 4.78 is 38.6. The second kappa shape index (κ2) is 10.7. The molecule has 3 rings (SSSR count). The zero-order valence-corrected chi connectivity index (χ0v) is 18.3. The van der Waals surface area contributed by atoms with Crippen LogP contribution in [0.2, 0.25) is 0 Å². The van der Waals surface area contributed by atoms with Crippen LogP contribution in [-0.4, -0.2) is 5.97 Å². The lowest BCUT2D eigenvalue weighted by molar-refractivity contribution is -0.153. The average molecular weight is 436 g/mol. The molecule has 0 saturated carbocycles. The Hall–Kier alpha value is -3.47. The van der Waals surface area contributed by atoms with E-state index in [1.54, 1.807) is 67.6 Å². The van der Waals surface area contributed by atoms with Crippen LogP contribution in [0, 0.1) is 23.5 Å². The van der Waals surface area contributed by atoms with Gasteiger partial charge in [-0.25, -0.2) is 8.78 Å². The Balaban J connectivity index is 1.71. The summed E-state index contributed by atoms with van der Waals surface area (Å²) in [7, 11) is 0. The van der Waals surface area contributed by atoms with Gasteiger partial charge in [-0.15, -0.1) is 0 Å². The predicted octanol–water partition coefficient (Wildman–Crippen LogP) is 7.35. The molecule has 3 nitrogen and oxygen atoms in total. The van der Waals surface area contributed by atoms with E-state index in [4.69, 9.17) is 9.47 Å². The summed E-state index contributed by atoms with van der Waals surface area (Å²) in [6, 6.07) is 19.3. The lowest BCUT2D eigenvalue weighted by atomic mass is 9.94. The van der Waals surface area contributed by atoms with Gasteiger partial charge in [0.1, 0.15) is 17.7 Å². The molecule has 0 aliphatic rings. The van der Waals surface area contributed by atoms with Crippen molar-refractivity contribution in [2.75, 3.05) is 0 Å². The van der Waals surface area contributed by atoms with E-state index < -0.39 is 17.8 Å². The summed E-state index contributed by atoms with van der Waals surface area (Å²) in [6.45, 7) is 5.59. The monoisotopic (exact) mass is 436 g/mol. The Bertz CT molecular complexity index is 1060. The maximum Gasteiger partial charge on any atom is 0.313 e. The number of hydrogen-bond donors (Lipinski definition) is 0. The summed E-state index contributed by atoms with van der Waals surface area (Å²) in [5, 5.41) is 0. The van der Waals surface area contributed by atoms with Crippen molar-refractivity contribution in [3.63, 3.8) is 0 Å². The van der Waals surface area contributed by atoms with Gasteiger partial charge in [-0.1, -0.05) is 62.4 Å². The maximum atomic E-state index is 14.2. The first-order valence-corrected chi connectivity index (χ1v) is 10.5. The van der Waals surface area contributed by atoms with E-state index in [1.807, 2.05) is 19.9 Å². The molecule has 0 aliphatic carbocycles. The summed E-state index contributed by atoms with van der Waals surface area (Å²) in [4.78, 5) is 12.8. The topological polar surface area (TPSA) is 35.5 Å². The van der Waals surface area contributed by atoms with E-state index in [1.165, 1.54) is 18.2 Å². The molecule has 0 amide bonds. The molecule has 32 heavy (non-hydrogen) atoms. The van der Waals surface area contributed by atoms with E-state index in [-0.39, 0.29) is 23.5 Å². The van der Waals surface area contributed by atoms with Gasteiger partial charge in [-0.2, -0.15) is 0 Å². The molecule has 2 atom stereocenters. The van der Waals surface area contributed by atoms with Crippen LogP contribution in [0.3, 0.4) is 0 Å². The van der Waals surface area contributed by atoms with Crippen LogP contribution in [0.1, 0.15) is 38.0 Å². The van der Waals surface area contributed by atoms with Crippen LogP contribution in [0.5, 0.6) is 11.5 Å². The minimum Gasteiger partial charge on any atom is -0.457 e. The number of halogens is 2. The van der Waals surface area contributed by atoms with Crippen LogP contribution in [0.15, 0.2) is 78.9 Å². The molecule has 0 spiro atoms. The van der Waals surface area contributed by atoms with Gasteiger partial charge in [-0.3, -0.25) is 4.79 Å². The fourth-order valence-corrected chi connectivity index (χ4v) is 3.15. The number of carbonyl (C=O) groups is 1. The normalized spacial score (nSPS) is 13.2. The Kier molecular flexibility index (Phi) is 7.77. The quantitative estimate of drug-likeness (QED) is 0.346.